The summed E-state index contributed by atoms with van der Waals surface area (Å²) >= 11 is 0. The summed E-state index contributed by atoms with van der Waals surface area (Å²) in [5.41, 5.74) is 0. The van der Waals surface area contributed by atoms with E-state index in [9.17, 15) is 10.2 Å². The minimum Gasteiger partial charge on any atom is -0.393 e. The fourth-order valence-corrected chi connectivity index (χ4v) is 5.10. The molecule has 0 spiro atoms. The zero-order valence-corrected chi connectivity index (χ0v) is 6.93. The zero-order valence-electron chi connectivity index (χ0n) is 6.93. The Kier molecular flexibility index (Phi) is 0.851. The Labute approximate surface area is 71.6 Å². The molecule has 0 unspecified atom stereocenters. The third kappa shape index (κ3) is 0.409. The molecule has 2 N–H and O–H groups in total. The standard InChI is InChI=1S/C10H14O2/c11-9-5-1-3-6-2-4(5)8(7(3)9)10(6)12/h3-12H,1-2H2/t3-,4+,5+,6-,7+,8-,9-,10-/m1/s1. The summed E-state index contributed by atoms with van der Waals surface area (Å²) in [5.74, 6) is 3.50. The first-order chi connectivity index (χ1) is 5.79. The van der Waals surface area contributed by atoms with Gasteiger partial charge in [-0.1, -0.05) is 0 Å². The van der Waals surface area contributed by atoms with Crippen molar-refractivity contribution >= 4 is 0 Å². The van der Waals surface area contributed by atoms with E-state index in [1.54, 1.807) is 0 Å². The highest BCUT2D eigenvalue weighted by atomic mass is 16.3. The fourth-order valence-electron chi connectivity index (χ4n) is 5.10. The van der Waals surface area contributed by atoms with Crippen molar-refractivity contribution in [3.8, 4) is 0 Å². The summed E-state index contributed by atoms with van der Waals surface area (Å²) in [7, 11) is 0. The molecule has 0 amide bonds. The van der Waals surface area contributed by atoms with Crippen LogP contribution in [0.5, 0.6) is 0 Å². The minimum absolute atomic E-state index is 0.0489. The molecule has 0 heterocycles. The van der Waals surface area contributed by atoms with Crippen molar-refractivity contribution in [1.29, 1.82) is 0 Å². The van der Waals surface area contributed by atoms with Gasteiger partial charge in [0.05, 0.1) is 12.2 Å². The smallest absolute Gasteiger partial charge is 0.0605 e. The molecule has 4 aliphatic rings. The lowest BCUT2D eigenvalue weighted by Gasteiger charge is -2.33. The van der Waals surface area contributed by atoms with Crippen LogP contribution in [0.2, 0.25) is 0 Å². The van der Waals surface area contributed by atoms with Crippen molar-refractivity contribution in [2.24, 2.45) is 35.5 Å². The third-order valence-corrected chi connectivity index (χ3v) is 5.29. The van der Waals surface area contributed by atoms with Gasteiger partial charge >= 0.3 is 0 Å². The van der Waals surface area contributed by atoms with Crippen molar-refractivity contribution in [3.05, 3.63) is 0 Å². The first kappa shape index (κ1) is 6.39. The van der Waals surface area contributed by atoms with Crippen LogP contribution in [0.4, 0.5) is 0 Å². The number of aliphatic hydroxyl groups is 2. The van der Waals surface area contributed by atoms with E-state index in [2.05, 4.69) is 0 Å². The number of rotatable bonds is 0. The Bertz CT molecular complexity index is 226. The number of aliphatic hydroxyl groups excluding tert-OH is 2. The van der Waals surface area contributed by atoms with Crippen molar-refractivity contribution in [3.63, 3.8) is 0 Å². The molecule has 0 aromatic carbocycles. The molecular formula is C10H14O2. The van der Waals surface area contributed by atoms with Crippen LogP contribution in [0.25, 0.3) is 0 Å². The Balaban J connectivity index is 1.92. The van der Waals surface area contributed by atoms with Crippen LogP contribution in [0.15, 0.2) is 0 Å². The summed E-state index contributed by atoms with van der Waals surface area (Å²) in [6.07, 6.45) is 2.34. The maximum absolute atomic E-state index is 9.91. The van der Waals surface area contributed by atoms with Crippen LogP contribution >= 0.6 is 0 Å². The van der Waals surface area contributed by atoms with Gasteiger partial charge in [-0.3, -0.25) is 0 Å². The van der Waals surface area contributed by atoms with Crippen LogP contribution in [0.3, 0.4) is 0 Å². The molecule has 2 nitrogen and oxygen atoms in total. The maximum Gasteiger partial charge on any atom is 0.0605 e. The van der Waals surface area contributed by atoms with Gasteiger partial charge in [0.15, 0.2) is 0 Å². The number of hydrogen-bond donors (Lipinski definition) is 2. The van der Waals surface area contributed by atoms with Crippen LogP contribution in [-0.4, -0.2) is 22.4 Å². The van der Waals surface area contributed by atoms with Gasteiger partial charge in [-0.2, -0.15) is 0 Å². The van der Waals surface area contributed by atoms with E-state index in [0.717, 1.165) is 0 Å². The predicted molar refractivity (Wildman–Crippen MR) is 42.2 cm³/mol. The van der Waals surface area contributed by atoms with E-state index in [1.165, 1.54) is 12.8 Å². The van der Waals surface area contributed by atoms with E-state index in [0.29, 0.717) is 35.5 Å². The predicted octanol–water partition coefficient (Wildman–Crippen LogP) is 0.240. The molecule has 12 heavy (non-hydrogen) atoms. The zero-order chi connectivity index (χ0) is 8.03. The van der Waals surface area contributed by atoms with E-state index in [1.807, 2.05) is 0 Å². The Morgan fingerprint density at radius 1 is 0.667 bits per heavy atom. The molecule has 2 heteroatoms. The van der Waals surface area contributed by atoms with E-state index < -0.39 is 0 Å². The van der Waals surface area contributed by atoms with Crippen molar-refractivity contribution in [2.75, 3.05) is 0 Å². The summed E-state index contributed by atoms with van der Waals surface area (Å²) in [4.78, 5) is 0. The van der Waals surface area contributed by atoms with Crippen LogP contribution < -0.4 is 0 Å². The van der Waals surface area contributed by atoms with Crippen molar-refractivity contribution in [2.45, 2.75) is 25.0 Å². The van der Waals surface area contributed by atoms with E-state index in [4.69, 9.17) is 0 Å². The van der Waals surface area contributed by atoms with E-state index >= 15 is 0 Å². The summed E-state index contributed by atoms with van der Waals surface area (Å²) < 4.78 is 0. The first-order valence-electron chi connectivity index (χ1n) is 5.15. The molecule has 0 aromatic heterocycles. The molecule has 4 aliphatic carbocycles. The summed E-state index contributed by atoms with van der Waals surface area (Å²) in [6.45, 7) is 0. The molecule has 4 bridgehead atoms. The lowest BCUT2D eigenvalue weighted by molar-refractivity contribution is 0.0944. The molecule has 0 aliphatic heterocycles. The molecule has 4 fully saturated rings. The second-order valence-corrected chi connectivity index (χ2v) is 5.26. The molecule has 0 saturated heterocycles. The van der Waals surface area contributed by atoms with Gasteiger partial charge < -0.3 is 10.2 Å². The van der Waals surface area contributed by atoms with Crippen molar-refractivity contribution in [1.82, 2.24) is 0 Å². The van der Waals surface area contributed by atoms with Crippen molar-refractivity contribution < 1.29 is 10.2 Å². The SMILES string of the molecule is O[C@@H]1[C@@H]2C[C@H]3[C@@H]4C[C@H]2[C@H]([C@@H]4O)[C@H]13. The fraction of sp³-hybridized carbons (Fsp3) is 1.00. The second-order valence-electron chi connectivity index (χ2n) is 5.26. The minimum atomic E-state index is -0.0489. The summed E-state index contributed by atoms with van der Waals surface area (Å²) in [5, 5.41) is 19.8. The van der Waals surface area contributed by atoms with Gasteiger partial charge in [0.2, 0.25) is 0 Å². The van der Waals surface area contributed by atoms with Crippen LogP contribution in [-0.2, 0) is 0 Å². The maximum atomic E-state index is 9.91. The largest absolute Gasteiger partial charge is 0.393 e. The monoisotopic (exact) mass is 166 g/mol. The topological polar surface area (TPSA) is 40.5 Å². The van der Waals surface area contributed by atoms with Gasteiger partial charge in [-0.15, -0.1) is 0 Å². The normalized spacial score (nSPS) is 76.5. The number of hydrogen-bond acceptors (Lipinski definition) is 2. The first-order valence-corrected chi connectivity index (χ1v) is 5.15. The average Bonchev–Trinajstić information content (AvgIpc) is 2.68. The van der Waals surface area contributed by atoms with Gasteiger partial charge in [0.25, 0.3) is 0 Å². The Morgan fingerprint density at radius 2 is 1.08 bits per heavy atom. The Hall–Kier alpha value is -0.0800. The molecule has 4 saturated carbocycles. The van der Waals surface area contributed by atoms with Gasteiger partial charge in [-0.25, -0.2) is 0 Å². The molecule has 4 rings (SSSR count). The Morgan fingerprint density at radius 3 is 1.42 bits per heavy atom. The number of fused-ring (bicyclic) bond motifs is 4. The second kappa shape index (κ2) is 1.60. The van der Waals surface area contributed by atoms with Gasteiger partial charge in [0, 0.05) is 0 Å². The molecule has 8 atom stereocenters. The average molecular weight is 166 g/mol. The highest BCUT2D eigenvalue weighted by molar-refractivity contribution is 5.20. The molecule has 66 valence electrons. The molecule has 0 aromatic rings. The molecular weight excluding hydrogens is 152 g/mol. The quantitative estimate of drug-likeness (QED) is 0.541. The van der Waals surface area contributed by atoms with Gasteiger partial charge in [-0.05, 0) is 48.3 Å². The lowest BCUT2D eigenvalue weighted by Crippen LogP contribution is -2.27. The molecule has 0 radical (unpaired) electrons. The summed E-state index contributed by atoms with van der Waals surface area (Å²) in [6, 6.07) is 0. The third-order valence-electron chi connectivity index (χ3n) is 5.29. The van der Waals surface area contributed by atoms with Crippen LogP contribution in [0, 0.1) is 35.5 Å². The van der Waals surface area contributed by atoms with E-state index in [-0.39, 0.29) is 12.2 Å². The highest BCUT2D eigenvalue weighted by Gasteiger charge is 2.72. The lowest BCUT2D eigenvalue weighted by atomic mass is 9.71. The highest BCUT2D eigenvalue weighted by Crippen LogP contribution is 2.72. The van der Waals surface area contributed by atoms with Crippen LogP contribution in [0.1, 0.15) is 12.8 Å². The van der Waals surface area contributed by atoms with Gasteiger partial charge in [0.1, 0.15) is 0 Å².